The fourth-order valence-corrected chi connectivity index (χ4v) is 1.90. The zero-order valence-corrected chi connectivity index (χ0v) is 10.9. The lowest BCUT2D eigenvalue weighted by atomic mass is 10.2. The number of nitrogens with one attached hydrogen (secondary N) is 2. The second-order valence-corrected chi connectivity index (χ2v) is 4.23. The molecule has 1 aromatic carbocycles. The summed E-state index contributed by atoms with van der Waals surface area (Å²) in [5, 5.41) is 16.6. The first-order chi connectivity index (χ1) is 9.61. The zero-order chi connectivity index (χ0) is 14.5. The van der Waals surface area contributed by atoms with Crippen LogP contribution in [0.5, 0.6) is 5.75 Å². The first kappa shape index (κ1) is 14.1. The summed E-state index contributed by atoms with van der Waals surface area (Å²) < 4.78 is 10.4. The third-order valence-electron chi connectivity index (χ3n) is 2.90. The minimum atomic E-state index is -0.478. The fraction of sp³-hybridized carbons (Fsp3) is 0.417. The van der Waals surface area contributed by atoms with Crippen molar-refractivity contribution in [2.75, 3.05) is 32.1 Å². The van der Waals surface area contributed by atoms with E-state index in [1.165, 1.54) is 13.2 Å². The predicted octanol–water partition coefficient (Wildman–Crippen LogP) is 0.530. The summed E-state index contributed by atoms with van der Waals surface area (Å²) in [7, 11) is 1.45. The van der Waals surface area contributed by atoms with Crippen LogP contribution in [0.4, 0.5) is 11.4 Å². The van der Waals surface area contributed by atoms with Gasteiger partial charge in [0, 0.05) is 19.2 Å². The number of ether oxygens (including phenoxy) is 2. The normalized spacial score (nSPS) is 18.2. The van der Waals surface area contributed by atoms with Crippen LogP contribution in [0.15, 0.2) is 18.2 Å². The quantitative estimate of drug-likeness (QED) is 0.603. The molecule has 0 saturated carbocycles. The Morgan fingerprint density at radius 2 is 2.40 bits per heavy atom. The maximum absolute atomic E-state index is 11.0. The van der Waals surface area contributed by atoms with Crippen molar-refractivity contribution in [1.29, 1.82) is 0 Å². The Kier molecular flexibility index (Phi) is 4.36. The third-order valence-corrected chi connectivity index (χ3v) is 2.90. The number of hydrogen-bond acceptors (Lipinski definition) is 6. The van der Waals surface area contributed by atoms with Crippen LogP contribution >= 0.6 is 0 Å². The molecule has 1 atom stereocenters. The van der Waals surface area contributed by atoms with Gasteiger partial charge in [0.1, 0.15) is 12.4 Å². The smallest absolute Gasteiger partial charge is 0.296 e. The molecule has 20 heavy (non-hydrogen) atoms. The van der Waals surface area contributed by atoms with Crippen LogP contribution in [0.2, 0.25) is 0 Å². The monoisotopic (exact) mass is 281 g/mol. The molecule has 1 fully saturated rings. The van der Waals surface area contributed by atoms with Crippen molar-refractivity contribution >= 4 is 17.3 Å². The van der Waals surface area contributed by atoms with Gasteiger partial charge in [0.2, 0.25) is 5.91 Å². The number of nitrogens with zero attached hydrogens (tertiary/aromatic N) is 1. The molecule has 1 unspecified atom stereocenters. The molecule has 0 aliphatic carbocycles. The minimum Gasteiger partial charge on any atom is -0.494 e. The number of benzene rings is 1. The number of hydrogen-bond donors (Lipinski definition) is 2. The van der Waals surface area contributed by atoms with E-state index in [2.05, 4.69) is 10.6 Å². The van der Waals surface area contributed by atoms with Crippen molar-refractivity contribution in [2.24, 2.45) is 0 Å². The van der Waals surface area contributed by atoms with Crippen LogP contribution in [-0.4, -0.2) is 43.7 Å². The zero-order valence-electron chi connectivity index (χ0n) is 10.9. The van der Waals surface area contributed by atoms with Gasteiger partial charge < -0.3 is 20.1 Å². The van der Waals surface area contributed by atoms with E-state index >= 15 is 0 Å². The van der Waals surface area contributed by atoms with Crippen LogP contribution in [0, 0.1) is 10.1 Å². The van der Waals surface area contributed by atoms with E-state index in [1.54, 1.807) is 12.1 Å². The lowest BCUT2D eigenvalue weighted by molar-refractivity contribution is -0.384. The van der Waals surface area contributed by atoms with Gasteiger partial charge >= 0.3 is 0 Å². The van der Waals surface area contributed by atoms with Gasteiger partial charge in [-0.2, -0.15) is 0 Å². The highest BCUT2D eigenvalue weighted by molar-refractivity contribution is 5.77. The van der Waals surface area contributed by atoms with E-state index < -0.39 is 4.92 Å². The van der Waals surface area contributed by atoms with Crippen molar-refractivity contribution in [3.05, 3.63) is 28.3 Å². The highest BCUT2D eigenvalue weighted by atomic mass is 16.6. The van der Waals surface area contributed by atoms with Gasteiger partial charge in [-0.3, -0.25) is 14.9 Å². The lowest BCUT2D eigenvalue weighted by Gasteiger charge is -2.24. The van der Waals surface area contributed by atoms with Gasteiger partial charge in [0.05, 0.1) is 18.1 Å². The predicted molar refractivity (Wildman–Crippen MR) is 70.9 cm³/mol. The molecule has 1 aromatic rings. The van der Waals surface area contributed by atoms with Crippen molar-refractivity contribution in [3.63, 3.8) is 0 Å². The van der Waals surface area contributed by atoms with Gasteiger partial charge in [-0.15, -0.1) is 0 Å². The van der Waals surface area contributed by atoms with Crippen LogP contribution in [-0.2, 0) is 9.53 Å². The number of rotatable bonds is 5. The Balaban J connectivity index is 2.08. The molecule has 2 rings (SSSR count). The molecule has 0 aromatic heterocycles. The standard InChI is InChI=1S/C12H15N3O5/c1-19-10-4-2-3-9(15(17)18)12(10)14-6-8-5-13-11(16)7-20-8/h2-4,8,14H,5-7H2,1H3,(H,13,16). The van der Waals surface area contributed by atoms with E-state index in [1.807, 2.05) is 0 Å². The van der Waals surface area contributed by atoms with Gasteiger partial charge in [0.25, 0.3) is 5.69 Å². The molecular weight excluding hydrogens is 266 g/mol. The molecule has 0 spiro atoms. The van der Waals surface area contributed by atoms with Crippen LogP contribution < -0.4 is 15.4 Å². The lowest BCUT2D eigenvalue weighted by Crippen LogP contribution is -2.45. The van der Waals surface area contributed by atoms with Crippen molar-refractivity contribution in [1.82, 2.24) is 5.32 Å². The van der Waals surface area contributed by atoms with Crippen LogP contribution in [0.1, 0.15) is 0 Å². The van der Waals surface area contributed by atoms with Crippen molar-refractivity contribution < 1.29 is 19.2 Å². The first-order valence-electron chi connectivity index (χ1n) is 6.05. The Hall–Kier alpha value is -2.35. The third kappa shape index (κ3) is 3.15. The molecule has 1 aliphatic rings. The van der Waals surface area contributed by atoms with E-state index in [4.69, 9.17) is 9.47 Å². The highest BCUT2D eigenvalue weighted by Gasteiger charge is 2.22. The average molecular weight is 281 g/mol. The second kappa shape index (κ2) is 6.20. The molecule has 1 aliphatic heterocycles. The molecular formula is C12H15N3O5. The van der Waals surface area contributed by atoms with Gasteiger partial charge in [-0.25, -0.2) is 0 Å². The van der Waals surface area contributed by atoms with Gasteiger partial charge in [-0.1, -0.05) is 6.07 Å². The molecule has 8 heteroatoms. The number of nitro benzene ring substituents is 1. The van der Waals surface area contributed by atoms with E-state index in [9.17, 15) is 14.9 Å². The maximum Gasteiger partial charge on any atom is 0.296 e. The maximum atomic E-state index is 11.0. The fourth-order valence-electron chi connectivity index (χ4n) is 1.90. The Labute approximate surface area is 115 Å². The number of carbonyl (C=O) groups is 1. The Morgan fingerprint density at radius 1 is 1.60 bits per heavy atom. The summed E-state index contributed by atoms with van der Waals surface area (Å²) in [6, 6.07) is 4.59. The van der Waals surface area contributed by atoms with E-state index in [0.29, 0.717) is 24.5 Å². The minimum absolute atomic E-state index is 0.000362. The number of anilines is 1. The molecule has 1 heterocycles. The van der Waals surface area contributed by atoms with E-state index in [-0.39, 0.29) is 24.3 Å². The topological polar surface area (TPSA) is 103 Å². The molecule has 2 N–H and O–H groups in total. The second-order valence-electron chi connectivity index (χ2n) is 4.23. The summed E-state index contributed by atoms with van der Waals surface area (Å²) in [5.74, 6) is 0.226. The molecule has 0 bridgehead atoms. The molecule has 108 valence electrons. The largest absolute Gasteiger partial charge is 0.494 e. The van der Waals surface area contributed by atoms with Gasteiger partial charge in [-0.05, 0) is 6.07 Å². The summed E-state index contributed by atoms with van der Waals surface area (Å²) >= 11 is 0. The van der Waals surface area contributed by atoms with E-state index in [0.717, 1.165) is 0 Å². The number of para-hydroxylation sites is 1. The number of nitro groups is 1. The summed E-state index contributed by atoms with van der Waals surface area (Å²) in [6.45, 7) is 0.705. The summed E-state index contributed by atoms with van der Waals surface area (Å²) in [4.78, 5) is 21.5. The van der Waals surface area contributed by atoms with Crippen LogP contribution in [0.3, 0.4) is 0 Å². The summed E-state index contributed by atoms with van der Waals surface area (Å²) in [6.07, 6.45) is -0.239. The van der Waals surface area contributed by atoms with Gasteiger partial charge in [0.15, 0.2) is 5.69 Å². The highest BCUT2D eigenvalue weighted by Crippen LogP contribution is 2.33. The number of amides is 1. The Bertz CT molecular complexity index is 510. The molecule has 1 saturated heterocycles. The molecule has 8 nitrogen and oxygen atoms in total. The summed E-state index contributed by atoms with van der Waals surface area (Å²) in [5.41, 5.74) is 0.240. The first-order valence-corrected chi connectivity index (χ1v) is 6.05. The number of methoxy groups -OCH3 is 1. The number of morpholine rings is 1. The van der Waals surface area contributed by atoms with Crippen molar-refractivity contribution in [3.8, 4) is 5.75 Å². The SMILES string of the molecule is COc1cccc([N+](=O)[O-])c1NCC1CNC(=O)CO1. The van der Waals surface area contributed by atoms with Crippen molar-refractivity contribution in [2.45, 2.75) is 6.10 Å². The molecule has 0 radical (unpaired) electrons. The van der Waals surface area contributed by atoms with Crippen LogP contribution in [0.25, 0.3) is 0 Å². The average Bonchev–Trinajstić information content (AvgIpc) is 2.46. The number of carbonyl (C=O) groups excluding carboxylic acids is 1. The molecule has 1 amide bonds. The Morgan fingerprint density at radius 3 is 3.00 bits per heavy atom.